The first-order valence-electron chi connectivity index (χ1n) is 3.28. The van der Waals surface area contributed by atoms with Crippen molar-refractivity contribution >= 4 is 45.7 Å². The average Bonchev–Trinajstić information content (AvgIpc) is 1.99. The van der Waals surface area contributed by atoms with Gasteiger partial charge in [-0.1, -0.05) is 11.6 Å². The van der Waals surface area contributed by atoms with Gasteiger partial charge in [-0.2, -0.15) is 0 Å². The van der Waals surface area contributed by atoms with Crippen molar-refractivity contribution in [1.29, 1.82) is 0 Å². The van der Waals surface area contributed by atoms with Crippen LogP contribution in [0.5, 0.6) is 0 Å². The zero-order valence-corrected chi connectivity index (χ0v) is 9.31. The Morgan fingerprint density at radius 2 is 2.17 bits per heavy atom. The summed E-state index contributed by atoms with van der Waals surface area (Å²) in [4.78, 5) is 11.0. The highest BCUT2D eigenvalue weighted by molar-refractivity contribution is 14.1. The topological polar surface area (TPSA) is 43.1 Å². The van der Waals surface area contributed by atoms with Gasteiger partial charge < -0.3 is 5.73 Å². The second-order valence-corrected chi connectivity index (χ2v) is 3.96. The maximum Gasteiger partial charge on any atom is 0.159 e. The van der Waals surface area contributed by atoms with Crippen molar-refractivity contribution in [1.82, 2.24) is 0 Å². The second-order valence-electron chi connectivity index (χ2n) is 2.42. The standard InChI is InChI=1S/C8H7ClINO/c1-4(12)5-2-6(10)8(9)7(11)3-5/h2-3H,11H2,1H3. The molecule has 0 aromatic heterocycles. The van der Waals surface area contributed by atoms with Crippen molar-refractivity contribution in [3.05, 3.63) is 26.3 Å². The molecule has 0 aliphatic rings. The Balaban J connectivity index is 3.31. The van der Waals surface area contributed by atoms with Gasteiger partial charge in [-0.3, -0.25) is 4.79 Å². The lowest BCUT2D eigenvalue weighted by Gasteiger charge is -2.02. The van der Waals surface area contributed by atoms with Crippen molar-refractivity contribution in [3.8, 4) is 0 Å². The summed E-state index contributed by atoms with van der Waals surface area (Å²) in [5.41, 5.74) is 6.62. The number of Topliss-reactive ketones (excluding diaryl/α,β-unsaturated/α-hetero) is 1. The van der Waals surface area contributed by atoms with Gasteiger partial charge in [0.1, 0.15) is 0 Å². The van der Waals surface area contributed by atoms with Gasteiger partial charge in [0.05, 0.1) is 10.7 Å². The molecule has 0 saturated carbocycles. The molecule has 1 aromatic carbocycles. The predicted molar refractivity (Wildman–Crippen MR) is 58.6 cm³/mol. The lowest BCUT2D eigenvalue weighted by Crippen LogP contribution is -1.97. The van der Waals surface area contributed by atoms with Crippen molar-refractivity contribution < 1.29 is 4.79 Å². The van der Waals surface area contributed by atoms with E-state index in [1.54, 1.807) is 12.1 Å². The zero-order valence-electron chi connectivity index (χ0n) is 6.40. The number of nitrogen functional groups attached to an aromatic ring is 1. The molecule has 0 amide bonds. The number of anilines is 1. The molecule has 1 aromatic rings. The molecule has 0 aliphatic heterocycles. The first kappa shape index (κ1) is 9.80. The Hall–Kier alpha value is -0.290. The Labute approximate surface area is 89.2 Å². The van der Waals surface area contributed by atoms with Gasteiger partial charge in [-0.05, 0) is 41.6 Å². The van der Waals surface area contributed by atoms with Crippen molar-refractivity contribution in [2.45, 2.75) is 6.92 Å². The maximum atomic E-state index is 11.0. The predicted octanol–water partition coefficient (Wildman–Crippen LogP) is 2.73. The van der Waals surface area contributed by atoms with Crippen LogP contribution in [-0.4, -0.2) is 5.78 Å². The molecule has 12 heavy (non-hydrogen) atoms. The molecule has 0 spiro atoms. The summed E-state index contributed by atoms with van der Waals surface area (Å²) in [5, 5.41) is 0.514. The highest BCUT2D eigenvalue weighted by atomic mass is 127. The molecule has 0 unspecified atom stereocenters. The molecule has 0 saturated heterocycles. The summed E-state index contributed by atoms with van der Waals surface area (Å²) in [6.07, 6.45) is 0. The number of rotatable bonds is 1. The second kappa shape index (κ2) is 3.62. The largest absolute Gasteiger partial charge is 0.397 e. The molecule has 64 valence electrons. The fourth-order valence-corrected chi connectivity index (χ4v) is 1.57. The molecule has 0 fully saturated rings. The number of carbonyl (C=O) groups is 1. The van der Waals surface area contributed by atoms with Gasteiger partial charge >= 0.3 is 0 Å². The Kier molecular flexibility index (Phi) is 2.95. The van der Waals surface area contributed by atoms with E-state index in [0.29, 0.717) is 16.3 Å². The van der Waals surface area contributed by atoms with Crippen LogP contribution in [0.25, 0.3) is 0 Å². The van der Waals surface area contributed by atoms with Crippen LogP contribution in [0.2, 0.25) is 5.02 Å². The number of benzene rings is 1. The van der Waals surface area contributed by atoms with Gasteiger partial charge in [-0.15, -0.1) is 0 Å². The van der Waals surface area contributed by atoms with Crippen LogP contribution >= 0.6 is 34.2 Å². The lowest BCUT2D eigenvalue weighted by molar-refractivity contribution is 0.101. The molecule has 0 radical (unpaired) electrons. The molecular weight excluding hydrogens is 288 g/mol. The highest BCUT2D eigenvalue weighted by Crippen LogP contribution is 2.26. The van der Waals surface area contributed by atoms with E-state index in [0.717, 1.165) is 3.57 Å². The van der Waals surface area contributed by atoms with E-state index in [4.69, 9.17) is 17.3 Å². The molecule has 2 nitrogen and oxygen atoms in total. The summed E-state index contributed by atoms with van der Waals surface area (Å²) >= 11 is 7.86. The number of ketones is 1. The van der Waals surface area contributed by atoms with E-state index in [1.807, 2.05) is 22.6 Å². The highest BCUT2D eigenvalue weighted by Gasteiger charge is 2.06. The monoisotopic (exact) mass is 295 g/mol. The number of hydrogen-bond donors (Lipinski definition) is 1. The van der Waals surface area contributed by atoms with Gasteiger partial charge in [0.25, 0.3) is 0 Å². The third kappa shape index (κ3) is 1.90. The summed E-state index contributed by atoms with van der Waals surface area (Å²) in [7, 11) is 0. The van der Waals surface area contributed by atoms with E-state index < -0.39 is 0 Å². The number of carbonyl (C=O) groups excluding carboxylic acids is 1. The van der Waals surface area contributed by atoms with Crippen LogP contribution in [0.1, 0.15) is 17.3 Å². The zero-order chi connectivity index (χ0) is 9.30. The van der Waals surface area contributed by atoms with E-state index in [2.05, 4.69) is 0 Å². The Bertz CT molecular complexity index is 315. The lowest BCUT2D eigenvalue weighted by atomic mass is 10.1. The fraction of sp³-hybridized carbons (Fsp3) is 0.125. The molecule has 2 N–H and O–H groups in total. The Morgan fingerprint density at radius 1 is 1.58 bits per heavy atom. The summed E-state index contributed by atoms with van der Waals surface area (Å²) in [6, 6.07) is 3.31. The van der Waals surface area contributed by atoms with Gasteiger partial charge in [0.2, 0.25) is 0 Å². The minimum absolute atomic E-state index is 0.00344. The normalized spacial score (nSPS) is 9.92. The van der Waals surface area contributed by atoms with Gasteiger partial charge in [0.15, 0.2) is 5.78 Å². The number of nitrogens with two attached hydrogens (primary N) is 1. The van der Waals surface area contributed by atoms with Crippen molar-refractivity contribution in [2.75, 3.05) is 5.73 Å². The van der Waals surface area contributed by atoms with Crippen LogP contribution in [-0.2, 0) is 0 Å². The molecule has 0 heterocycles. The Morgan fingerprint density at radius 3 is 2.58 bits per heavy atom. The van der Waals surface area contributed by atoms with Crippen LogP contribution in [0.15, 0.2) is 12.1 Å². The van der Waals surface area contributed by atoms with E-state index in [-0.39, 0.29) is 5.78 Å². The first-order chi connectivity index (χ1) is 5.52. The smallest absolute Gasteiger partial charge is 0.159 e. The quantitative estimate of drug-likeness (QED) is 0.492. The summed E-state index contributed by atoms with van der Waals surface area (Å²) in [5.74, 6) is -0.00344. The summed E-state index contributed by atoms with van der Waals surface area (Å²) < 4.78 is 0.805. The van der Waals surface area contributed by atoms with Crippen LogP contribution in [0.3, 0.4) is 0 Å². The first-order valence-corrected chi connectivity index (χ1v) is 4.73. The van der Waals surface area contributed by atoms with Gasteiger partial charge in [0, 0.05) is 9.13 Å². The maximum absolute atomic E-state index is 11.0. The van der Waals surface area contributed by atoms with Crippen LogP contribution in [0.4, 0.5) is 5.69 Å². The molecule has 0 bridgehead atoms. The molecule has 0 atom stereocenters. The third-order valence-corrected chi connectivity index (χ3v) is 3.05. The number of hydrogen-bond acceptors (Lipinski definition) is 2. The fourth-order valence-electron chi connectivity index (χ4n) is 0.814. The number of halogens is 2. The molecule has 4 heteroatoms. The molecule has 0 aliphatic carbocycles. The van der Waals surface area contributed by atoms with Gasteiger partial charge in [-0.25, -0.2) is 0 Å². The third-order valence-electron chi connectivity index (χ3n) is 1.46. The van der Waals surface area contributed by atoms with Crippen LogP contribution in [0, 0.1) is 3.57 Å². The van der Waals surface area contributed by atoms with Crippen molar-refractivity contribution in [2.24, 2.45) is 0 Å². The molecular formula is C8H7ClINO. The van der Waals surface area contributed by atoms with E-state index in [1.165, 1.54) is 6.92 Å². The van der Waals surface area contributed by atoms with E-state index in [9.17, 15) is 4.79 Å². The summed E-state index contributed by atoms with van der Waals surface area (Å²) in [6.45, 7) is 1.50. The minimum Gasteiger partial charge on any atom is -0.397 e. The molecule has 1 rings (SSSR count). The minimum atomic E-state index is -0.00344. The SMILES string of the molecule is CC(=O)c1cc(N)c(Cl)c(I)c1. The van der Waals surface area contributed by atoms with E-state index >= 15 is 0 Å². The van der Waals surface area contributed by atoms with Crippen LogP contribution < -0.4 is 5.73 Å². The average molecular weight is 296 g/mol. The van der Waals surface area contributed by atoms with Crippen molar-refractivity contribution in [3.63, 3.8) is 0 Å².